The molecule has 1 saturated heterocycles. The van der Waals surface area contributed by atoms with Crippen LogP contribution in [0.5, 0.6) is 0 Å². The second-order valence-corrected chi connectivity index (χ2v) is 5.07. The van der Waals surface area contributed by atoms with Gasteiger partial charge in [-0.1, -0.05) is 11.6 Å². The summed E-state index contributed by atoms with van der Waals surface area (Å²) in [6.07, 6.45) is 3.53. The van der Waals surface area contributed by atoms with Crippen LogP contribution in [0.1, 0.15) is 24.8 Å². The van der Waals surface area contributed by atoms with Crippen LogP contribution >= 0.6 is 11.6 Å². The van der Waals surface area contributed by atoms with Crippen molar-refractivity contribution in [1.29, 1.82) is 0 Å². The molecule has 0 aromatic heterocycles. The molecule has 1 aromatic carbocycles. The molecule has 0 bridgehead atoms. The van der Waals surface area contributed by atoms with Crippen molar-refractivity contribution in [2.45, 2.75) is 31.9 Å². The van der Waals surface area contributed by atoms with Crippen LogP contribution in [0.15, 0.2) is 18.2 Å². The molecule has 1 aliphatic rings. The van der Waals surface area contributed by atoms with E-state index in [0.717, 1.165) is 32.4 Å². The smallest absolute Gasteiger partial charge is 0.275 e. The molecule has 19 heavy (non-hydrogen) atoms. The Morgan fingerprint density at radius 1 is 1.53 bits per heavy atom. The third-order valence-corrected chi connectivity index (χ3v) is 3.46. The highest BCUT2D eigenvalue weighted by Gasteiger charge is 2.16. The Labute approximate surface area is 117 Å². The highest BCUT2D eigenvalue weighted by atomic mass is 35.5. The number of rotatable bonds is 6. The SMILES string of the molecule is O=[N+]([O-])c1cc(Cl)ccc1CNCCC1CCCO1. The number of nitrogens with zero attached hydrogens (tertiary/aromatic N) is 1. The molecule has 0 amide bonds. The fourth-order valence-electron chi connectivity index (χ4n) is 2.21. The quantitative estimate of drug-likeness (QED) is 0.495. The molecular weight excluding hydrogens is 268 g/mol. The first-order chi connectivity index (χ1) is 9.16. The van der Waals surface area contributed by atoms with E-state index >= 15 is 0 Å². The van der Waals surface area contributed by atoms with E-state index < -0.39 is 4.92 Å². The molecule has 0 aliphatic carbocycles. The lowest BCUT2D eigenvalue weighted by molar-refractivity contribution is -0.385. The molecule has 1 N–H and O–H groups in total. The van der Waals surface area contributed by atoms with Gasteiger partial charge < -0.3 is 10.1 Å². The summed E-state index contributed by atoms with van der Waals surface area (Å²) >= 11 is 5.77. The summed E-state index contributed by atoms with van der Waals surface area (Å²) in [5, 5.41) is 14.5. The number of halogens is 1. The molecule has 1 fully saturated rings. The molecule has 1 aromatic rings. The average Bonchev–Trinajstić information content (AvgIpc) is 2.89. The number of ether oxygens (including phenoxy) is 1. The topological polar surface area (TPSA) is 64.4 Å². The minimum atomic E-state index is -0.400. The summed E-state index contributed by atoms with van der Waals surface area (Å²) in [7, 11) is 0. The predicted molar refractivity (Wildman–Crippen MR) is 73.4 cm³/mol. The van der Waals surface area contributed by atoms with Crippen LogP contribution in [-0.4, -0.2) is 24.2 Å². The van der Waals surface area contributed by atoms with Crippen molar-refractivity contribution in [3.63, 3.8) is 0 Å². The van der Waals surface area contributed by atoms with Gasteiger partial charge in [0.05, 0.1) is 11.0 Å². The standard InChI is InChI=1S/C13H17ClN2O3/c14-11-4-3-10(13(8-11)16(17)18)9-15-6-5-12-2-1-7-19-12/h3-4,8,12,15H,1-2,5-7,9H2. The Morgan fingerprint density at radius 3 is 3.05 bits per heavy atom. The number of nitrogens with one attached hydrogen (secondary N) is 1. The van der Waals surface area contributed by atoms with Gasteiger partial charge in [-0.2, -0.15) is 0 Å². The summed E-state index contributed by atoms with van der Waals surface area (Å²) in [6.45, 7) is 2.12. The highest BCUT2D eigenvalue weighted by molar-refractivity contribution is 6.30. The fourth-order valence-corrected chi connectivity index (χ4v) is 2.38. The van der Waals surface area contributed by atoms with Crippen molar-refractivity contribution in [2.24, 2.45) is 0 Å². The number of benzene rings is 1. The maximum atomic E-state index is 10.9. The highest BCUT2D eigenvalue weighted by Crippen LogP contribution is 2.23. The van der Waals surface area contributed by atoms with Crippen LogP contribution in [0.3, 0.4) is 0 Å². The largest absolute Gasteiger partial charge is 0.378 e. The van der Waals surface area contributed by atoms with Gasteiger partial charge in [0, 0.05) is 29.8 Å². The second kappa shape index (κ2) is 6.84. The van der Waals surface area contributed by atoms with Crippen molar-refractivity contribution in [1.82, 2.24) is 5.32 Å². The predicted octanol–water partition coefficient (Wildman–Crippen LogP) is 2.91. The van der Waals surface area contributed by atoms with Crippen molar-refractivity contribution in [3.05, 3.63) is 38.9 Å². The number of nitro benzene ring substituents is 1. The zero-order valence-corrected chi connectivity index (χ0v) is 11.4. The van der Waals surface area contributed by atoms with E-state index in [0.29, 0.717) is 23.2 Å². The van der Waals surface area contributed by atoms with Gasteiger partial charge >= 0.3 is 0 Å². The molecule has 0 saturated carbocycles. The van der Waals surface area contributed by atoms with Gasteiger partial charge in [-0.25, -0.2) is 0 Å². The van der Waals surface area contributed by atoms with Gasteiger partial charge in [-0.3, -0.25) is 10.1 Å². The van der Waals surface area contributed by atoms with E-state index in [1.165, 1.54) is 6.07 Å². The number of hydrogen-bond acceptors (Lipinski definition) is 4. The second-order valence-electron chi connectivity index (χ2n) is 4.63. The molecule has 0 spiro atoms. The molecular formula is C13H17ClN2O3. The van der Waals surface area contributed by atoms with Crippen molar-refractivity contribution in [2.75, 3.05) is 13.2 Å². The molecule has 1 unspecified atom stereocenters. The molecule has 1 heterocycles. The van der Waals surface area contributed by atoms with Gasteiger partial charge in [-0.05, 0) is 37.9 Å². The van der Waals surface area contributed by atoms with Crippen LogP contribution in [0.2, 0.25) is 5.02 Å². The first-order valence-corrected chi connectivity index (χ1v) is 6.80. The van der Waals surface area contributed by atoms with Crippen LogP contribution in [-0.2, 0) is 11.3 Å². The fraction of sp³-hybridized carbons (Fsp3) is 0.538. The van der Waals surface area contributed by atoms with Gasteiger partial charge in [-0.15, -0.1) is 0 Å². The van der Waals surface area contributed by atoms with Crippen molar-refractivity contribution < 1.29 is 9.66 Å². The summed E-state index contributed by atoms with van der Waals surface area (Å²) in [5.74, 6) is 0. The van der Waals surface area contributed by atoms with E-state index in [2.05, 4.69) is 5.32 Å². The van der Waals surface area contributed by atoms with Crippen LogP contribution in [0, 0.1) is 10.1 Å². The average molecular weight is 285 g/mol. The van der Waals surface area contributed by atoms with Crippen LogP contribution < -0.4 is 5.32 Å². The molecule has 1 atom stereocenters. The van der Waals surface area contributed by atoms with Crippen LogP contribution in [0.25, 0.3) is 0 Å². The Hall–Kier alpha value is -1.17. The molecule has 2 rings (SSSR count). The summed E-state index contributed by atoms with van der Waals surface area (Å²) in [4.78, 5) is 10.5. The summed E-state index contributed by atoms with van der Waals surface area (Å²) < 4.78 is 5.52. The Bertz CT molecular complexity index is 448. The maximum Gasteiger partial charge on any atom is 0.275 e. The molecule has 104 valence electrons. The number of nitro groups is 1. The van der Waals surface area contributed by atoms with Gasteiger partial charge in [0.25, 0.3) is 5.69 Å². The maximum absolute atomic E-state index is 10.9. The molecule has 6 heteroatoms. The summed E-state index contributed by atoms with van der Waals surface area (Å²) in [6, 6.07) is 4.75. The van der Waals surface area contributed by atoms with Crippen molar-refractivity contribution in [3.8, 4) is 0 Å². The molecule has 0 radical (unpaired) electrons. The first-order valence-electron chi connectivity index (χ1n) is 6.42. The number of hydrogen-bond donors (Lipinski definition) is 1. The minimum absolute atomic E-state index is 0.0668. The Kier molecular flexibility index (Phi) is 5.13. The molecule has 5 nitrogen and oxygen atoms in total. The van der Waals surface area contributed by atoms with Gasteiger partial charge in [0.2, 0.25) is 0 Å². The van der Waals surface area contributed by atoms with E-state index in [1.54, 1.807) is 12.1 Å². The lowest BCUT2D eigenvalue weighted by Crippen LogP contribution is -2.20. The normalized spacial score (nSPS) is 18.7. The third kappa shape index (κ3) is 4.16. The van der Waals surface area contributed by atoms with Gasteiger partial charge in [0.1, 0.15) is 0 Å². The Morgan fingerprint density at radius 2 is 2.37 bits per heavy atom. The first kappa shape index (κ1) is 14.2. The third-order valence-electron chi connectivity index (χ3n) is 3.23. The van der Waals surface area contributed by atoms with E-state index in [-0.39, 0.29) is 5.69 Å². The summed E-state index contributed by atoms with van der Waals surface area (Å²) in [5.41, 5.74) is 0.721. The molecule has 1 aliphatic heterocycles. The Balaban J connectivity index is 1.83. The minimum Gasteiger partial charge on any atom is -0.378 e. The lowest BCUT2D eigenvalue weighted by atomic mass is 10.1. The zero-order valence-electron chi connectivity index (χ0n) is 10.6. The monoisotopic (exact) mass is 284 g/mol. The van der Waals surface area contributed by atoms with E-state index in [9.17, 15) is 10.1 Å². The van der Waals surface area contributed by atoms with Gasteiger partial charge in [0.15, 0.2) is 0 Å². The van der Waals surface area contributed by atoms with Crippen LogP contribution in [0.4, 0.5) is 5.69 Å². The van der Waals surface area contributed by atoms with E-state index in [4.69, 9.17) is 16.3 Å². The lowest BCUT2D eigenvalue weighted by Gasteiger charge is -2.10. The zero-order chi connectivity index (χ0) is 13.7. The van der Waals surface area contributed by atoms with Crippen molar-refractivity contribution >= 4 is 17.3 Å². The van der Waals surface area contributed by atoms with E-state index in [1.807, 2.05) is 0 Å².